The van der Waals surface area contributed by atoms with Crippen LogP contribution in [0.2, 0.25) is 0 Å². The van der Waals surface area contributed by atoms with E-state index < -0.39 is 152 Å². The molecule has 430 valence electrons. The predicted octanol–water partition coefficient (Wildman–Crippen LogP) is -0.733. The molecule has 0 amide bonds. The summed E-state index contributed by atoms with van der Waals surface area (Å²) >= 11 is 0. The van der Waals surface area contributed by atoms with Crippen molar-refractivity contribution in [2.45, 2.75) is 236 Å². The molecule has 28 atom stereocenters. The first-order valence-electron chi connectivity index (χ1n) is 27.6. The van der Waals surface area contributed by atoms with Gasteiger partial charge in [0.1, 0.15) is 73.2 Å². The van der Waals surface area contributed by atoms with E-state index in [9.17, 15) is 71.2 Å². The third kappa shape index (κ3) is 9.41. The normalized spacial score (nSPS) is 54.8. The second kappa shape index (κ2) is 21.1. The fourth-order valence-electron chi connectivity index (χ4n) is 16.7. The van der Waals surface area contributed by atoms with Crippen molar-refractivity contribution in [2.75, 3.05) is 26.4 Å². The van der Waals surface area contributed by atoms with Crippen molar-refractivity contribution in [3.63, 3.8) is 0 Å². The Balaban J connectivity index is 0.899. The number of hydrogen-bond donors (Lipinski definition) is 13. The fraction of sp³-hybridized carbons (Fsp3) is 0.944. The Labute approximate surface area is 439 Å². The van der Waals surface area contributed by atoms with Gasteiger partial charge in [-0.25, -0.2) is 0 Å². The maximum absolute atomic E-state index is 14.7. The van der Waals surface area contributed by atoms with Crippen molar-refractivity contribution in [3.8, 4) is 0 Å². The van der Waals surface area contributed by atoms with Crippen molar-refractivity contribution in [3.05, 3.63) is 11.6 Å². The molecule has 0 spiro atoms. The third-order valence-electron chi connectivity index (χ3n) is 21.7. The van der Waals surface area contributed by atoms with Gasteiger partial charge in [-0.2, -0.15) is 0 Å². The first-order valence-corrected chi connectivity index (χ1v) is 27.6. The molecule has 5 saturated carbocycles. The summed E-state index contributed by atoms with van der Waals surface area (Å²) in [6.45, 7) is 13.4. The molecule has 9 rings (SSSR count). The molecule has 0 aromatic carbocycles. The molecule has 8 fully saturated rings. The van der Waals surface area contributed by atoms with Crippen LogP contribution in [0, 0.1) is 56.2 Å². The summed E-state index contributed by atoms with van der Waals surface area (Å²) in [7, 11) is 0. The molecule has 6 aliphatic carbocycles. The van der Waals surface area contributed by atoms with E-state index in [2.05, 4.69) is 40.7 Å². The van der Waals surface area contributed by atoms with Gasteiger partial charge < -0.3 is 99.5 Å². The summed E-state index contributed by atoms with van der Waals surface area (Å²) in [5.41, 5.74) is -1.38. The molecule has 3 heterocycles. The molecule has 0 aromatic rings. The summed E-state index contributed by atoms with van der Waals surface area (Å²) in [4.78, 5) is 14.7. The lowest BCUT2D eigenvalue weighted by molar-refractivity contribution is -0.343. The summed E-state index contributed by atoms with van der Waals surface area (Å²) in [5.74, 6) is -1.42. The molecular weight excluding hydrogens is 985 g/mol. The van der Waals surface area contributed by atoms with Crippen molar-refractivity contribution in [1.82, 2.24) is 0 Å². The quantitative estimate of drug-likeness (QED) is 0.0689. The number of carbonyl (C=O) groups is 1. The van der Waals surface area contributed by atoms with Gasteiger partial charge in [0.05, 0.1) is 49.7 Å². The van der Waals surface area contributed by atoms with E-state index in [0.29, 0.717) is 25.7 Å². The second-order valence-corrected chi connectivity index (χ2v) is 26.1. The fourth-order valence-corrected chi connectivity index (χ4v) is 16.7. The molecular formula is C54H88O21. The van der Waals surface area contributed by atoms with Crippen LogP contribution in [0.5, 0.6) is 0 Å². The SMILES string of the molecule is C[C@@H]1O[C@@H](O[C@@H]2[C@@H](O)[C@H](O)[C@@H](CO)C[C@H]2O[C@H]2CO[C@@H](O[C@@H]3CC[C@]4(C)[C@H](CC[C@]5(C)[C@@H]4CC=C4[C@H]6CC(C)(C)CC[C@]6(C(=O)O[C@@H]6O[C@H](CO)[C@@H](O)[C@H](O)[C@H]6O)CC[C@]45C)[C@]3(C)CO)[C@H](O)[C@H]2O)[C@H](O)[C@H](O)[C@H]1O. The number of fused-ring (bicyclic) bond motifs is 7. The minimum absolute atomic E-state index is 0.0274. The van der Waals surface area contributed by atoms with Crippen molar-refractivity contribution < 1.29 is 104 Å². The molecule has 21 nitrogen and oxygen atoms in total. The van der Waals surface area contributed by atoms with E-state index in [1.165, 1.54) is 12.5 Å². The zero-order chi connectivity index (χ0) is 54.7. The Hall–Kier alpha value is -1.55. The van der Waals surface area contributed by atoms with Crippen LogP contribution in [0.25, 0.3) is 0 Å². The lowest BCUT2D eigenvalue weighted by atomic mass is 9.33. The molecule has 21 heteroatoms. The van der Waals surface area contributed by atoms with Crippen LogP contribution < -0.4 is 0 Å². The average Bonchev–Trinajstić information content (AvgIpc) is 3.39. The minimum atomic E-state index is -1.74. The highest BCUT2D eigenvalue weighted by Crippen LogP contribution is 2.76. The van der Waals surface area contributed by atoms with Gasteiger partial charge in [0.25, 0.3) is 0 Å². The highest BCUT2D eigenvalue weighted by Gasteiger charge is 2.71. The second-order valence-electron chi connectivity index (χ2n) is 26.1. The number of allylic oxidation sites excluding steroid dienone is 2. The van der Waals surface area contributed by atoms with Crippen molar-refractivity contribution >= 4 is 5.97 Å². The molecule has 3 aliphatic heterocycles. The van der Waals surface area contributed by atoms with Crippen LogP contribution in [-0.2, 0) is 38.0 Å². The number of aliphatic hydroxyl groups excluding tert-OH is 13. The first-order chi connectivity index (χ1) is 35.2. The van der Waals surface area contributed by atoms with Gasteiger partial charge in [0.2, 0.25) is 6.29 Å². The van der Waals surface area contributed by atoms with E-state index in [0.717, 1.165) is 38.5 Å². The number of rotatable bonds is 11. The van der Waals surface area contributed by atoms with Crippen LogP contribution in [-0.4, -0.2) is 215 Å². The zero-order valence-corrected chi connectivity index (χ0v) is 44.5. The van der Waals surface area contributed by atoms with Gasteiger partial charge in [-0.3, -0.25) is 4.79 Å². The van der Waals surface area contributed by atoms with Gasteiger partial charge in [0, 0.05) is 17.9 Å². The van der Waals surface area contributed by atoms with Gasteiger partial charge in [-0.05, 0) is 117 Å². The molecule has 9 aliphatic rings. The van der Waals surface area contributed by atoms with E-state index >= 15 is 0 Å². The van der Waals surface area contributed by atoms with E-state index in [-0.39, 0.29) is 59.0 Å². The number of hydrogen-bond acceptors (Lipinski definition) is 21. The smallest absolute Gasteiger partial charge is 0.315 e. The van der Waals surface area contributed by atoms with E-state index in [4.69, 9.17) is 33.2 Å². The molecule has 0 radical (unpaired) electrons. The standard InChI is InChI=1S/C54H88O21/c1-24-34(58)38(62)42(66)46(70-24)74-44-28(18-25(20-55)35(59)40(44)64)71-30-22-69-45(41(65)37(30)61)73-33-11-12-50(4)31(51(33,5)23-57)10-13-53(7)32(50)9-8-26-27-19-49(2,3)14-16-54(27,17-15-52(26,53)6)48(68)75-47-43(67)39(63)36(60)29(21-56)72-47/h8,24-25,27-47,55-67H,9-23H2,1-7H3/t24-,25+,27+,28+,29+,30-,31-,32+,33+,34-,35+,36+,37-,38+,39-,40-,41+,42+,43+,44-,45-,46-,47-,50+,51-,52+,53+,54-/m0/s1. The van der Waals surface area contributed by atoms with Gasteiger partial charge in [0.15, 0.2) is 12.6 Å². The number of carbonyl (C=O) groups excluding carboxylic acids is 1. The number of aliphatic hydroxyl groups is 13. The monoisotopic (exact) mass is 1070 g/mol. The summed E-state index contributed by atoms with van der Waals surface area (Å²) in [5, 5.41) is 140. The minimum Gasteiger partial charge on any atom is -0.432 e. The lowest BCUT2D eigenvalue weighted by Crippen LogP contribution is -2.67. The molecule has 0 aromatic heterocycles. The first kappa shape index (κ1) is 58.1. The third-order valence-corrected chi connectivity index (χ3v) is 21.7. The Morgan fingerprint density at radius 3 is 1.99 bits per heavy atom. The maximum atomic E-state index is 14.7. The van der Waals surface area contributed by atoms with Crippen LogP contribution in [0.1, 0.15) is 119 Å². The molecule has 0 bridgehead atoms. The zero-order valence-electron chi connectivity index (χ0n) is 44.5. The van der Waals surface area contributed by atoms with Crippen LogP contribution >= 0.6 is 0 Å². The Kier molecular flexibility index (Phi) is 16.3. The molecule has 0 unspecified atom stereocenters. The number of esters is 1. The van der Waals surface area contributed by atoms with Crippen molar-refractivity contribution in [1.29, 1.82) is 0 Å². The van der Waals surface area contributed by atoms with Crippen LogP contribution in [0.4, 0.5) is 0 Å². The summed E-state index contributed by atoms with van der Waals surface area (Å²) in [6, 6.07) is 0. The molecule has 75 heavy (non-hydrogen) atoms. The van der Waals surface area contributed by atoms with Crippen LogP contribution in [0.3, 0.4) is 0 Å². The van der Waals surface area contributed by atoms with E-state index in [1.54, 1.807) is 0 Å². The molecule has 13 N–H and O–H groups in total. The lowest BCUT2D eigenvalue weighted by Gasteiger charge is -2.71. The van der Waals surface area contributed by atoms with Gasteiger partial charge in [-0.15, -0.1) is 0 Å². The van der Waals surface area contributed by atoms with Crippen molar-refractivity contribution in [2.24, 2.45) is 56.2 Å². The van der Waals surface area contributed by atoms with Gasteiger partial charge >= 0.3 is 5.97 Å². The topological polar surface area (TPSA) is 345 Å². The summed E-state index contributed by atoms with van der Waals surface area (Å²) < 4.78 is 42.3. The predicted molar refractivity (Wildman–Crippen MR) is 260 cm³/mol. The Morgan fingerprint density at radius 1 is 0.640 bits per heavy atom. The summed E-state index contributed by atoms with van der Waals surface area (Å²) in [6.07, 6.45) is -18.0. The number of ether oxygens (including phenoxy) is 7. The van der Waals surface area contributed by atoms with Gasteiger partial charge in [-0.1, -0.05) is 53.2 Å². The van der Waals surface area contributed by atoms with Crippen LogP contribution in [0.15, 0.2) is 11.6 Å². The molecule has 3 saturated heterocycles. The average molecular weight is 1070 g/mol. The Bertz CT molecular complexity index is 2060. The maximum Gasteiger partial charge on any atom is 0.315 e. The van der Waals surface area contributed by atoms with E-state index in [1.807, 2.05) is 6.92 Å². The largest absolute Gasteiger partial charge is 0.432 e. The Morgan fingerprint density at radius 2 is 1.31 bits per heavy atom. The highest BCUT2D eigenvalue weighted by molar-refractivity contribution is 5.79. The highest BCUT2D eigenvalue weighted by atomic mass is 16.7.